The third-order valence-corrected chi connectivity index (χ3v) is 4.28. The molecule has 0 unspecified atom stereocenters. The number of pyridine rings is 1. The van der Waals surface area contributed by atoms with Crippen molar-refractivity contribution in [2.24, 2.45) is 0 Å². The van der Waals surface area contributed by atoms with Crippen LogP contribution in [0.15, 0.2) is 79.1 Å². The second-order valence-electron chi connectivity index (χ2n) is 5.93. The van der Waals surface area contributed by atoms with Crippen molar-refractivity contribution in [2.75, 3.05) is 11.9 Å². The molecule has 0 aliphatic rings. The number of halogens is 1. The zero-order valence-corrected chi connectivity index (χ0v) is 15.1. The second-order valence-corrected chi connectivity index (χ2v) is 6.37. The number of carbonyl (C=O) groups excluding carboxylic acids is 1. The number of hydrogen-bond donors (Lipinski definition) is 1. The van der Waals surface area contributed by atoms with Crippen LogP contribution >= 0.6 is 11.6 Å². The summed E-state index contributed by atoms with van der Waals surface area (Å²) in [5.74, 6) is 0.337. The van der Waals surface area contributed by atoms with Crippen LogP contribution in [0.5, 0.6) is 5.75 Å². The fourth-order valence-corrected chi connectivity index (χ4v) is 2.87. The summed E-state index contributed by atoms with van der Waals surface area (Å²) in [5.41, 5.74) is 3.17. The first-order chi connectivity index (χ1) is 13.2. The minimum absolute atomic E-state index is 0.0961. The number of amides is 1. The maximum absolute atomic E-state index is 12.3. The molecule has 0 spiro atoms. The number of aromatic nitrogens is 2. The summed E-state index contributed by atoms with van der Waals surface area (Å²) in [6, 6.07) is 20.3. The number of imidazole rings is 1. The lowest BCUT2D eigenvalue weighted by Crippen LogP contribution is -2.20. The summed E-state index contributed by atoms with van der Waals surface area (Å²) < 4.78 is 7.44. The maximum Gasteiger partial charge on any atom is 0.262 e. The highest BCUT2D eigenvalue weighted by molar-refractivity contribution is 6.30. The number of anilines is 1. The molecule has 2 aromatic heterocycles. The summed E-state index contributed by atoms with van der Waals surface area (Å²) in [6.45, 7) is -0.0961. The molecule has 0 atom stereocenters. The van der Waals surface area contributed by atoms with Gasteiger partial charge in [-0.15, -0.1) is 0 Å². The number of fused-ring (bicyclic) bond motifs is 1. The van der Waals surface area contributed by atoms with Gasteiger partial charge in [0.15, 0.2) is 6.61 Å². The fourth-order valence-electron chi connectivity index (χ4n) is 2.75. The third-order valence-electron chi connectivity index (χ3n) is 4.02. The van der Waals surface area contributed by atoms with Gasteiger partial charge in [0.25, 0.3) is 5.91 Å². The molecule has 2 aromatic carbocycles. The van der Waals surface area contributed by atoms with E-state index in [1.807, 2.05) is 59.3 Å². The lowest BCUT2D eigenvalue weighted by atomic mass is 10.1. The van der Waals surface area contributed by atoms with Crippen LogP contribution in [0.2, 0.25) is 5.02 Å². The van der Waals surface area contributed by atoms with Gasteiger partial charge >= 0.3 is 0 Å². The SMILES string of the molecule is O=C(COc1ccc(Cl)cc1)Nc1ccccc1-c1cn2ccccc2n1. The molecule has 0 saturated carbocycles. The molecule has 5 nitrogen and oxygen atoms in total. The molecule has 0 aliphatic carbocycles. The largest absolute Gasteiger partial charge is 0.484 e. The quantitative estimate of drug-likeness (QED) is 0.549. The molecule has 1 N–H and O–H groups in total. The Hall–Kier alpha value is -3.31. The van der Waals surface area contributed by atoms with Crippen LogP contribution in [0.1, 0.15) is 0 Å². The van der Waals surface area contributed by atoms with E-state index in [2.05, 4.69) is 10.3 Å². The van der Waals surface area contributed by atoms with E-state index in [4.69, 9.17) is 16.3 Å². The summed E-state index contributed by atoms with van der Waals surface area (Å²) >= 11 is 5.84. The first kappa shape index (κ1) is 17.1. The molecule has 134 valence electrons. The topological polar surface area (TPSA) is 55.6 Å². The monoisotopic (exact) mass is 377 g/mol. The molecule has 4 aromatic rings. The Morgan fingerprint density at radius 2 is 1.81 bits per heavy atom. The van der Waals surface area contributed by atoms with Crippen molar-refractivity contribution in [3.05, 3.63) is 84.1 Å². The molecular formula is C21H16ClN3O2. The van der Waals surface area contributed by atoms with Gasteiger partial charge in [-0.3, -0.25) is 4.79 Å². The van der Waals surface area contributed by atoms with Gasteiger partial charge in [-0.2, -0.15) is 0 Å². The van der Waals surface area contributed by atoms with Crippen LogP contribution < -0.4 is 10.1 Å². The summed E-state index contributed by atoms with van der Waals surface area (Å²) in [5, 5.41) is 3.51. The maximum atomic E-state index is 12.3. The van der Waals surface area contributed by atoms with Crippen molar-refractivity contribution in [1.29, 1.82) is 0 Å². The lowest BCUT2D eigenvalue weighted by molar-refractivity contribution is -0.118. The average molecular weight is 378 g/mol. The van der Waals surface area contributed by atoms with E-state index >= 15 is 0 Å². The number of nitrogens with zero attached hydrogens (tertiary/aromatic N) is 2. The molecule has 0 bridgehead atoms. The molecule has 0 fully saturated rings. The van der Waals surface area contributed by atoms with Crippen LogP contribution in [0, 0.1) is 0 Å². The highest BCUT2D eigenvalue weighted by Crippen LogP contribution is 2.27. The van der Waals surface area contributed by atoms with Crippen molar-refractivity contribution < 1.29 is 9.53 Å². The molecule has 1 amide bonds. The molecule has 0 radical (unpaired) electrons. The number of ether oxygens (including phenoxy) is 1. The normalized spacial score (nSPS) is 10.7. The lowest BCUT2D eigenvalue weighted by Gasteiger charge is -2.10. The number of hydrogen-bond acceptors (Lipinski definition) is 3. The smallest absolute Gasteiger partial charge is 0.262 e. The van der Waals surface area contributed by atoms with Gasteiger partial charge in [-0.25, -0.2) is 4.98 Å². The van der Waals surface area contributed by atoms with Crippen LogP contribution in [0.3, 0.4) is 0 Å². The first-order valence-electron chi connectivity index (χ1n) is 8.40. The molecule has 2 heterocycles. The van der Waals surface area contributed by atoms with E-state index in [1.54, 1.807) is 24.3 Å². The number of para-hydroxylation sites is 1. The predicted molar refractivity (Wildman–Crippen MR) is 106 cm³/mol. The number of nitrogens with one attached hydrogen (secondary N) is 1. The Bertz CT molecular complexity index is 1060. The first-order valence-corrected chi connectivity index (χ1v) is 8.78. The summed E-state index contributed by atoms with van der Waals surface area (Å²) in [7, 11) is 0. The zero-order valence-electron chi connectivity index (χ0n) is 14.3. The van der Waals surface area contributed by atoms with Crippen molar-refractivity contribution in [3.63, 3.8) is 0 Å². The van der Waals surface area contributed by atoms with Gasteiger partial charge in [-0.1, -0.05) is 35.9 Å². The van der Waals surface area contributed by atoms with Crippen LogP contribution in [0.25, 0.3) is 16.9 Å². The Morgan fingerprint density at radius 1 is 1.04 bits per heavy atom. The van der Waals surface area contributed by atoms with Crippen LogP contribution in [0.4, 0.5) is 5.69 Å². The van der Waals surface area contributed by atoms with Gasteiger partial charge in [-0.05, 0) is 42.5 Å². The predicted octanol–water partition coefficient (Wildman–Crippen LogP) is 4.67. The molecule has 4 rings (SSSR count). The van der Waals surface area contributed by atoms with Crippen LogP contribution in [-0.4, -0.2) is 21.9 Å². The van der Waals surface area contributed by atoms with E-state index in [-0.39, 0.29) is 12.5 Å². The van der Waals surface area contributed by atoms with Gasteiger partial charge in [0.1, 0.15) is 11.4 Å². The Balaban J connectivity index is 1.50. The summed E-state index contributed by atoms with van der Waals surface area (Å²) in [6.07, 6.45) is 3.87. The van der Waals surface area contributed by atoms with Crippen molar-refractivity contribution in [3.8, 4) is 17.0 Å². The van der Waals surface area contributed by atoms with Crippen molar-refractivity contribution >= 4 is 28.8 Å². The number of carbonyl (C=O) groups is 1. The molecule has 0 aliphatic heterocycles. The Kier molecular flexibility index (Phi) is 4.77. The molecular weight excluding hydrogens is 362 g/mol. The van der Waals surface area contributed by atoms with Gasteiger partial charge in [0.05, 0.1) is 11.4 Å². The average Bonchev–Trinajstić information content (AvgIpc) is 3.12. The van der Waals surface area contributed by atoms with E-state index < -0.39 is 0 Å². The number of benzene rings is 2. The Morgan fingerprint density at radius 3 is 2.63 bits per heavy atom. The van der Waals surface area contributed by atoms with Gasteiger partial charge < -0.3 is 14.5 Å². The molecule has 27 heavy (non-hydrogen) atoms. The summed E-state index contributed by atoms with van der Waals surface area (Å²) in [4.78, 5) is 16.9. The number of rotatable bonds is 5. The van der Waals surface area contributed by atoms with Crippen molar-refractivity contribution in [2.45, 2.75) is 0 Å². The third kappa shape index (κ3) is 3.93. The van der Waals surface area contributed by atoms with E-state index in [0.717, 1.165) is 16.9 Å². The molecule has 0 saturated heterocycles. The Labute approximate surface area is 161 Å². The van der Waals surface area contributed by atoms with Crippen LogP contribution in [-0.2, 0) is 4.79 Å². The van der Waals surface area contributed by atoms with Gasteiger partial charge in [0.2, 0.25) is 0 Å². The van der Waals surface area contributed by atoms with E-state index in [9.17, 15) is 4.79 Å². The van der Waals surface area contributed by atoms with E-state index in [1.165, 1.54) is 0 Å². The van der Waals surface area contributed by atoms with Gasteiger partial charge in [0, 0.05) is 23.0 Å². The highest BCUT2D eigenvalue weighted by atomic mass is 35.5. The minimum atomic E-state index is -0.249. The van der Waals surface area contributed by atoms with Crippen molar-refractivity contribution in [1.82, 2.24) is 9.38 Å². The zero-order chi connectivity index (χ0) is 18.6. The second kappa shape index (κ2) is 7.51. The molecule has 6 heteroatoms. The fraction of sp³-hybridized carbons (Fsp3) is 0.0476. The highest BCUT2D eigenvalue weighted by Gasteiger charge is 2.11. The van der Waals surface area contributed by atoms with E-state index in [0.29, 0.717) is 16.5 Å². The standard InChI is InChI=1S/C21H16ClN3O2/c22-15-8-10-16(11-9-15)27-14-21(26)24-18-6-2-1-5-17(18)19-13-25-12-4-3-7-20(25)23-19/h1-13H,14H2,(H,24,26). The minimum Gasteiger partial charge on any atom is -0.484 e.